The van der Waals surface area contributed by atoms with Crippen LogP contribution in [0.2, 0.25) is 0 Å². The van der Waals surface area contributed by atoms with Crippen molar-refractivity contribution in [1.29, 1.82) is 0 Å². The van der Waals surface area contributed by atoms with Crippen LogP contribution in [0.4, 0.5) is 15.8 Å². The Kier molecular flexibility index (Phi) is 6.52. The molecule has 2 aliphatic heterocycles. The number of amides is 3. The van der Waals surface area contributed by atoms with Crippen LogP contribution in [-0.2, 0) is 20.9 Å². The number of carbonyl (C=O) groups excluding carboxylic acids is 3. The number of thiazole rings is 1. The van der Waals surface area contributed by atoms with Crippen molar-refractivity contribution >= 4 is 63.0 Å². The van der Waals surface area contributed by atoms with Crippen molar-refractivity contribution in [2.24, 2.45) is 5.92 Å². The van der Waals surface area contributed by atoms with Gasteiger partial charge in [0.2, 0.25) is 17.7 Å². The van der Waals surface area contributed by atoms with Crippen LogP contribution < -0.4 is 15.1 Å². The second kappa shape index (κ2) is 10.4. The number of rotatable bonds is 5. The van der Waals surface area contributed by atoms with E-state index in [4.69, 9.17) is 0 Å². The molecule has 1 N–H and O–H groups in total. The summed E-state index contributed by atoms with van der Waals surface area (Å²) in [5.41, 5.74) is 1.70. The SMILES string of the molecule is O=C(Cn1c2c(sc1=O)[C@@H](c1ccccc1)[C@@H]1C(=O)N(c3ccc(F)cc3)C(=O)[C@@H]1S2)Nc1ccc2ccccc2c1. The molecule has 3 heterocycles. The first-order valence-corrected chi connectivity index (χ1v) is 15.0. The number of hydrogen-bond acceptors (Lipinski definition) is 6. The van der Waals surface area contributed by atoms with Gasteiger partial charge in [-0.2, -0.15) is 0 Å². The van der Waals surface area contributed by atoms with Crippen LogP contribution in [-0.4, -0.2) is 27.5 Å². The highest BCUT2D eigenvalue weighted by Gasteiger charge is 2.56. The molecule has 3 atom stereocenters. The largest absolute Gasteiger partial charge is 0.325 e. The van der Waals surface area contributed by atoms with E-state index in [0.717, 1.165) is 44.3 Å². The highest BCUT2D eigenvalue weighted by Crippen LogP contribution is 2.53. The van der Waals surface area contributed by atoms with E-state index in [1.807, 2.05) is 72.8 Å². The molecule has 0 unspecified atom stereocenters. The Hall–Kier alpha value is -4.54. The number of halogens is 1. The fraction of sp³-hybridized carbons (Fsp3) is 0.125. The fourth-order valence-electron chi connectivity index (χ4n) is 5.73. The first kappa shape index (κ1) is 26.4. The lowest BCUT2D eigenvalue weighted by molar-refractivity contribution is -0.122. The summed E-state index contributed by atoms with van der Waals surface area (Å²) in [6, 6.07) is 28.0. The Morgan fingerprint density at radius 3 is 2.31 bits per heavy atom. The predicted octanol–water partition coefficient (Wildman–Crippen LogP) is 5.64. The van der Waals surface area contributed by atoms with Gasteiger partial charge in [-0.15, -0.1) is 0 Å². The summed E-state index contributed by atoms with van der Waals surface area (Å²) in [4.78, 5) is 55.5. The molecule has 2 aliphatic rings. The molecule has 1 fully saturated rings. The molecule has 0 radical (unpaired) electrons. The summed E-state index contributed by atoms with van der Waals surface area (Å²) in [5, 5.41) is 4.59. The molecule has 208 valence electrons. The van der Waals surface area contributed by atoms with Crippen LogP contribution in [0.25, 0.3) is 10.8 Å². The normalized spacial score (nSPS) is 19.5. The van der Waals surface area contributed by atoms with Crippen LogP contribution >= 0.6 is 23.1 Å². The third-order valence-electron chi connectivity index (χ3n) is 7.63. The molecule has 10 heteroatoms. The molecule has 0 aliphatic carbocycles. The van der Waals surface area contributed by atoms with Gasteiger partial charge in [-0.3, -0.25) is 23.7 Å². The number of imide groups is 1. The van der Waals surface area contributed by atoms with Crippen molar-refractivity contribution in [3.63, 3.8) is 0 Å². The van der Waals surface area contributed by atoms with E-state index in [1.165, 1.54) is 28.8 Å². The van der Waals surface area contributed by atoms with Crippen molar-refractivity contribution in [1.82, 2.24) is 4.57 Å². The number of benzene rings is 4. The van der Waals surface area contributed by atoms with Gasteiger partial charge in [0.05, 0.1) is 16.6 Å². The third-order valence-corrected chi connectivity index (χ3v) is 10.2. The van der Waals surface area contributed by atoms with E-state index in [9.17, 15) is 23.6 Å². The zero-order valence-electron chi connectivity index (χ0n) is 21.9. The summed E-state index contributed by atoms with van der Waals surface area (Å²) in [5.74, 6) is -3.00. The minimum absolute atomic E-state index is 0.243. The van der Waals surface area contributed by atoms with Crippen molar-refractivity contribution in [3.05, 3.63) is 123 Å². The maximum atomic E-state index is 13.8. The van der Waals surface area contributed by atoms with E-state index >= 15 is 0 Å². The topological polar surface area (TPSA) is 88.5 Å². The molecule has 7 nitrogen and oxygen atoms in total. The maximum absolute atomic E-state index is 13.8. The highest BCUT2D eigenvalue weighted by molar-refractivity contribution is 8.00. The average Bonchev–Trinajstić information content (AvgIpc) is 3.44. The third kappa shape index (κ3) is 4.43. The minimum Gasteiger partial charge on any atom is -0.325 e. The Balaban J connectivity index is 1.25. The molecule has 5 aromatic rings. The summed E-state index contributed by atoms with van der Waals surface area (Å²) in [7, 11) is 0. The van der Waals surface area contributed by atoms with Crippen molar-refractivity contribution in [2.75, 3.05) is 10.2 Å². The van der Waals surface area contributed by atoms with Crippen molar-refractivity contribution in [3.8, 4) is 0 Å². The van der Waals surface area contributed by atoms with Gasteiger partial charge in [-0.1, -0.05) is 83.8 Å². The minimum atomic E-state index is -0.816. The second-order valence-electron chi connectivity index (χ2n) is 10.2. The lowest BCUT2D eigenvalue weighted by Gasteiger charge is -2.30. The van der Waals surface area contributed by atoms with E-state index in [2.05, 4.69) is 5.32 Å². The Bertz CT molecular complexity index is 1940. The summed E-state index contributed by atoms with van der Waals surface area (Å²) >= 11 is 2.14. The number of nitrogens with one attached hydrogen (secondary N) is 1. The molecular weight excluding hydrogens is 574 g/mol. The van der Waals surface area contributed by atoms with Crippen LogP contribution in [0.1, 0.15) is 16.4 Å². The number of nitrogens with zero attached hydrogens (tertiary/aromatic N) is 2. The van der Waals surface area contributed by atoms with Crippen LogP contribution in [0.15, 0.2) is 107 Å². The predicted molar refractivity (Wildman–Crippen MR) is 161 cm³/mol. The Labute approximate surface area is 247 Å². The summed E-state index contributed by atoms with van der Waals surface area (Å²) in [6.07, 6.45) is 0. The molecule has 0 bridgehead atoms. The average molecular weight is 596 g/mol. The number of carbonyl (C=O) groups is 3. The van der Waals surface area contributed by atoms with Gasteiger partial charge in [-0.05, 0) is 52.7 Å². The second-order valence-corrected chi connectivity index (χ2v) is 12.3. The van der Waals surface area contributed by atoms with E-state index in [1.54, 1.807) is 0 Å². The number of anilines is 2. The number of hydrogen-bond donors (Lipinski definition) is 1. The number of fused-ring (bicyclic) bond motifs is 3. The van der Waals surface area contributed by atoms with Crippen molar-refractivity contribution in [2.45, 2.75) is 22.7 Å². The summed E-state index contributed by atoms with van der Waals surface area (Å²) in [6.45, 7) is -0.243. The van der Waals surface area contributed by atoms with Gasteiger partial charge in [0.15, 0.2) is 0 Å². The Morgan fingerprint density at radius 1 is 0.833 bits per heavy atom. The smallest absolute Gasteiger partial charge is 0.308 e. The number of thioether (sulfide) groups is 1. The molecule has 3 amide bonds. The van der Waals surface area contributed by atoms with Gasteiger partial charge in [0.25, 0.3) is 0 Å². The van der Waals surface area contributed by atoms with E-state index in [-0.39, 0.29) is 17.3 Å². The maximum Gasteiger partial charge on any atom is 0.308 e. The zero-order chi connectivity index (χ0) is 29.0. The first-order chi connectivity index (χ1) is 20.4. The Morgan fingerprint density at radius 2 is 1.55 bits per heavy atom. The molecule has 7 rings (SSSR count). The first-order valence-electron chi connectivity index (χ1n) is 13.3. The summed E-state index contributed by atoms with van der Waals surface area (Å²) < 4.78 is 15.0. The van der Waals surface area contributed by atoms with E-state index in [0.29, 0.717) is 21.3 Å². The molecule has 42 heavy (non-hydrogen) atoms. The lowest BCUT2D eigenvalue weighted by Crippen LogP contribution is -2.33. The molecule has 0 spiro atoms. The van der Waals surface area contributed by atoms with Crippen LogP contribution in [0.3, 0.4) is 0 Å². The van der Waals surface area contributed by atoms with Crippen LogP contribution in [0, 0.1) is 11.7 Å². The van der Waals surface area contributed by atoms with Gasteiger partial charge in [0.1, 0.15) is 17.6 Å². The quantitative estimate of drug-likeness (QED) is 0.266. The zero-order valence-corrected chi connectivity index (χ0v) is 23.5. The molecule has 1 saturated heterocycles. The number of aromatic nitrogens is 1. The standard InChI is InChI=1S/C32H22FN3O4S2/c33-21-11-14-23(15-12-21)36-29(38)26-25(19-7-2-1-3-8-19)28-31(41-27(26)30(36)39)35(32(40)42-28)17-24(37)34-22-13-10-18-6-4-5-9-20(18)16-22/h1-16,25-27H,17H2,(H,34,37)/t25-,26-,27+/m0/s1. The van der Waals surface area contributed by atoms with Gasteiger partial charge in [-0.25, -0.2) is 9.29 Å². The molecule has 4 aromatic carbocycles. The van der Waals surface area contributed by atoms with Crippen LogP contribution in [0.5, 0.6) is 0 Å². The van der Waals surface area contributed by atoms with E-state index < -0.39 is 34.7 Å². The fourth-order valence-corrected chi connectivity index (χ4v) is 8.50. The lowest BCUT2D eigenvalue weighted by atomic mass is 9.83. The molecule has 1 aromatic heterocycles. The molecule has 0 saturated carbocycles. The van der Waals surface area contributed by atoms with Gasteiger partial charge >= 0.3 is 4.87 Å². The van der Waals surface area contributed by atoms with Gasteiger partial charge < -0.3 is 5.32 Å². The van der Waals surface area contributed by atoms with Crippen molar-refractivity contribution < 1.29 is 18.8 Å². The highest BCUT2D eigenvalue weighted by atomic mass is 32.2. The van der Waals surface area contributed by atoms with Gasteiger partial charge in [0, 0.05) is 16.5 Å². The molecular formula is C32H22FN3O4S2. The monoisotopic (exact) mass is 595 g/mol.